The van der Waals surface area contributed by atoms with Crippen molar-refractivity contribution in [3.63, 3.8) is 0 Å². The molecule has 0 aromatic carbocycles. The van der Waals surface area contributed by atoms with Crippen molar-refractivity contribution in [2.75, 3.05) is 27.2 Å². The molecule has 0 spiro atoms. The Kier molecular flexibility index (Phi) is 1.42. The van der Waals surface area contributed by atoms with Crippen LogP contribution in [-0.2, 0) is 4.79 Å². The van der Waals surface area contributed by atoms with E-state index in [9.17, 15) is 4.79 Å². The molecule has 2 saturated heterocycles. The first kappa shape index (κ1) is 7.10. The molecule has 3 heteroatoms. The van der Waals surface area contributed by atoms with Crippen molar-refractivity contribution < 1.29 is 4.79 Å². The van der Waals surface area contributed by atoms with E-state index in [0.29, 0.717) is 11.8 Å². The average molecular weight is 154 g/mol. The maximum Gasteiger partial charge on any atom is 0.240 e. The summed E-state index contributed by atoms with van der Waals surface area (Å²) < 4.78 is 0. The molecular weight excluding hydrogens is 140 g/mol. The number of likely N-dealkylation sites (tertiary alicyclic amines) is 2. The van der Waals surface area contributed by atoms with Crippen LogP contribution in [0.1, 0.15) is 6.42 Å². The second kappa shape index (κ2) is 2.21. The van der Waals surface area contributed by atoms with E-state index >= 15 is 0 Å². The predicted molar refractivity (Wildman–Crippen MR) is 42.2 cm³/mol. The van der Waals surface area contributed by atoms with Crippen molar-refractivity contribution in [1.82, 2.24) is 9.80 Å². The lowest BCUT2D eigenvalue weighted by Crippen LogP contribution is -2.36. The Morgan fingerprint density at radius 1 is 1.45 bits per heavy atom. The number of amides is 1. The maximum absolute atomic E-state index is 11.5. The smallest absolute Gasteiger partial charge is 0.240 e. The van der Waals surface area contributed by atoms with Crippen molar-refractivity contribution in [3.05, 3.63) is 0 Å². The first-order valence-corrected chi connectivity index (χ1v) is 4.15. The summed E-state index contributed by atoms with van der Waals surface area (Å²) in [7, 11) is 3.94. The van der Waals surface area contributed by atoms with Crippen LogP contribution in [0.15, 0.2) is 0 Å². The standard InChI is InChI=1S/C8H14N2O/c1-9-4-3-6-5-10(2)8(11)7(6)9/h6-7H,3-5H2,1-2H3. The van der Waals surface area contributed by atoms with Gasteiger partial charge < -0.3 is 4.90 Å². The summed E-state index contributed by atoms with van der Waals surface area (Å²) in [4.78, 5) is 15.5. The molecule has 0 radical (unpaired) electrons. The van der Waals surface area contributed by atoms with Crippen LogP contribution in [0.3, 0.4) is 0 Å². The van der Waals surface area contributed by atoms with E-state index in [4.69, 9.17) is 0 Å². The number of carbonyl (C=O) groups is 1. The van der Waals surface area contributed by atoms with E-state index in [2.05, 4.69) is 4.90 Å². The summed E-state index contributed by atoms with van der Waals surface area (Å²) in [6.07, 6.45) is 1.19. The molecule has 0 aromatic heterocycles. The summed E-state index contributed by atoms with van der Waals surface area (Å²) in [5.74, 6) is 0.924. The van der Waals surface area contributed by atoms with E-state index in [1.807, 2.05) is 19.0 Å². The van der Waals surface area contributed by atoms with Gasteiger partial charge in [0.25, 0.3) is 0 Å². The maximum atomic E-state index is 11.5. The van der Waals surface area contributed by atoms with Gasteiger partial charge in [-0.25, -0.2) is 0 Å². The zero-order valence-electron chi connectivity index (χ0n) is 7.08. The van der Waals surface area contributed by atoms with Crippen LogP contribution in [-0.4, -0.2) is 48.9 Å². The molecule has 2 aliphatic heterocycles. The quantitative estimate of drug-likeness (QED) is 0.481. The van der Waals surface area contributed by atoms with Gasteiger partial charge in [0, 0.05) is 19.5 Å². The van der Waals surface area contributed by atoms with Gasteiger partial charge in [-0.15, -0.1) is 0 Å². The van der Waals surface area contributed by atoms with Gasteiger partial charge in [0.2, 0.25) is 5.91 Å². The van der Waals surface area contributed by atoms with Crippen LogP contribution in [0.5, 0.6) is 0 Å². The molecule has 2 atom stereocenters. The highest BCUT2D eigenvalue weighted by atomic mass is 16.2. The van der Waals surface area contributed by atoms with E-state index < -0.39 is 0 Å². The van der Waals surface area contributed by atoms with Gasteiger partial charge in [0.05, 0.1) is 6.04 Å². The van der Waals surface area contributed by atoms with Gasteiger partial charge in [0.1, 0.15) is 0 Å². The van der Waals surface area contributed by atoms with Gasteiger partial charge >= 0.3 is 0 Å². The summed E-state index contributed by atoms with van der Waals surface area (Å²) in [6.45, 7) is 2.06. The van der Waals surface area contributed by atoms with Crippen LogP contribution in [0.2, 0.25) is 0 Å². The highest BCUT2D eigenvalue weighted by molar-refractivity contribution is 5.84. The normalized spacial score (nSPS) is 38.4. The van der Waals surface area contributed by atoms with E-state index in [1.54, 1.807) is 0 Å². The Labute approximate surface area is 67.0 Å². The molecule has 2 rings (SSSR count). The Bertz CT molecular complexity index is 193. The summed E-state index contributed by atoms with van der Waals surface area (Å²) in [5.41, 5.74) is 0. The van der Waals surface area contributed by atoms with Gasteiger partial charge in [-0.2, -0.15) is 0 Å². The van der Waals surface area contributed by atoms with E-state index in [1.165, 1.54) is 6.42 Å². The molecule has 0 N–H and O–H groups in total. The van der Waals surface area contributed by atoms with E-state index in [0.717, 1.165) is 13.1 Å². The summed E-state index contributed by atoms with van der Waals surface area (Å²) in [6, 6.07) is 0.208. The largest absolute Gasteiger partial charge is 0.344 e. The highest BCUT2D eigenvalue weighted by Crippen LogP contribution is 2.29. The third-order valence-corrected chi connectivity index (χ3v) is 2.91. The molecule has 0 aliphatic carbocycles. The Morgan fingerprint density at radius 2 is 2.18 bits per heavy atom. The molecule has 3 nitrogen and oxygen atoms in total. The fourth-order valence-electron chi connectivity index (χ4n) is 2.28. The highest BCUT2D eigenvalue weighted by Gasteiger charge is 2.44. The first-order valence-electron chi connectivity index (χ1n) is 4.15. The van der Waals surface area contributed by atoms with Crippen LogP contribution in [0, 0.1) is 5.92 Å². The van der Waals surface area contributed by atoms with E-state index in [-0.39, 0.29) is 6.04 Å². The molecule has 2 aliphatic rings. The monoisotopic (exact) mass is 154 g/mol. The molecule has 1 amide bonds. The zero-order valence-corrected chi connectivity index (χ0v) is 7.08. The van der Waals surface area contributed by atoms with Crippen LogP contribution < -0.4 is 0 Å². The Balaban J connectivity index is 2.20. The minimum atomic E-state index is 0.208. The number of hydrogen-bond donors (Lipinski definition) is 0. The molecule has 2 unspecified atom stereocenters. The fraction of sp³-hybridized carbons (Fsp3) is 0.875. The molecular formula is C8H14N2O. The van der Waals surface area contributed by atoms with Crippen molar-refractivity contribution in [3.8, 4) is 0 Å². The minimum Gasteiger partial charge on any atom is -0.344 e. The number of hydrogen-bond acceptors (Lipinski definition) is 2. The first-order chi connectivity index (χ1) is 5.20. The lowest BCUT2D eigenvalue weighted by molar-refractivity contribution is -0.130. The lowest BCUT2D eigenvalue weighted by Gasteiger charge is -2.16. The number of carbonyl (C=O) groups excluding carboxylic acids is 1. The second-order valence-electron chi connectivity index (χ2n) is 3.69. The third kappa shape index (κ3) is 0.872. The minimum absolute atomic E-state index is 0.208. The third-order valence-electron chi connectivity index (χ3n) is 2.91. The Hall–Kier alpha value is -0.570. The van der Waals surface area contributed by atoms with Crippen LogP contribution in [0.4, 0.5) is 0 Å². The van der Waals surface area contributed by atoms with Gasteiger partial charge in [-0.05, 0) is 20.0 Å². The van der Waals surface area contributed by atoms with Gasteiger partial charge in [-0.1, -0.05) is 0 Å². The van der Waals surface area contributed by atoms with Crippen LogP contribution >= 0.6 is 0 Å². The van der Waals surface area contributed by atoms with Crippen molar-refractivity contribution in [2.45, 2.75) is 12.5 Å². The van der Waals surface area contributed by atoms with Crippen LogP contribution in [0.25, 0.3) is 0 Å². The van der Waals surface area contributed by atoms with Gasteiger partial charge in [0.15, 0.2) is 0 Å². The molecule has 2 fully saturated rings. The summed E-state index contributed by atoms with van der Waals surface area (Å²) >= 11 is 0. The number of likely N-dealkylation sites (N-methyl/N-ethyl adjacent to an activating group) is 2. The van der Waals surface area contributed by atoms with Crippen molar-refractivity contribution in [1.29, 1.82) is 0 Å². The van der Waals surface area contributed by atoms with Gasteiger partial charge in [-0.3, -0.25) is 9.69 Å². The molecule has 0 saturated carbocycles. The zero-order chi connectivity index (χ0) is 8.01. The SMILES string of the molecule is CN1CC2CCN(C)C2C1=O. The molecule has 2 heterocycles. The summed E-state index contributed by atoms with van der Waals surface area (Å²) in [5, 5.41) is 0. The average Bonchev–Trinajstić information content (AvgIpc) is 2.41. The molecule has 0 bridgehead atoms. The van der Waals surface area contributed by atoms with Crippen molar-refractivity contribution in [2.24, 2.45) is 5.92 Å². The molecule has 0 aromatic rings. The topological polar surface area (TPSA) is 23.6 Å². The number of fused-ring (bicyclic) bond motifs is 1. The molecule has 11 heavy (non-hydrogen) atoms. The number of rotatable bonds is 0. The number of nitrogens with zero attached hydrogens (tertiary/aromatic N) is 2. The Morgan fingerprint density at radius 3 is 2.82 bits per heavy atom. The second-order valence-corrected chi connectivity index (χ2v) is 3.69. The lowest BCUT2D eigenvalue weighted by atomic mass is 10.1. The fourth-order valence-corrected chi connectivity index (χ4v) is 2.28. The predicted octanol–water partition coefficient (Wildman–Crippen LogP) is -0.221. The van der Waals surface area contributed by atoms with Crippen molar-refractivity contribution >= 4 is 5.91 Å². The molecule has 62 valence electrons.